The molecule has 23 heavy (non-hydrogen) atoms. The van der Waals surface area contributed by atoms with Crippen LogP contribution < -0.4 is 10.6 Å². The maximum atomic E-state index is 12.0. The van der Waals surface area contributed by atoms with Crippen molar-refractivity contribution in [1.82, 2.24) is 15.5 Å². The van der Waals surface area contributed by atoms with Crippen molar-refractivity contribution in [2.75, 3.05) is 26.7 Å². The van der Waals surface area contributed by atoms with E-state index in [1.54, 1.807) is 0 Å². The van der Waals surface area contributed by atoms with Crippen molar-refractivity contribution in [3.8, 4) is 0 Å². The molecule has 1 atom stereocenters. The number of rotatable bonds is 9. The fraction of sp³-hybridized carbons (Fsp3) is 0.588. The van der Waals surface area contributed by atoms with Crippen molar-refractivity contribution < 1.29 is 4.79 Å². The monoisotopic (exact) mass is 363 g/mol. The van der Waals surface area contributed by atoms with Crippen LogP contribution in [-0.4, -0.2) is 43.5 Å². The zero-order chi connectivity index (χ0) is 15.7. The molecule has 0 aliphatic heterocycles. The number of amides is 1. The van der Waals surface area contributed by atoms with Crippen LogP contribution in [0.25, 0.3) is 0 Å². The first-order chi connectivity index (χ1) is 10.1. The Bertz CT molecular complexity index is 426. The Morgan fingerprint density at radius 2 is 1.78 bits per heavy atom. The Labute approximate surface area is 153 Å². The van der Waals surface area contributed by atoms with Gasteiger partial charge in [0.15, 0.2) is 0 Å². The van der Waals surface area contributed by atoms with Gasteiger partial charge in [0.2, 0.25) is 0 Å². The summed E-state index contributed by atoms with van der Waals surface area (Å²) in [6, 6.07) is 8.20. The lowest BCUT2D eigenvalue weighted by atomic mass is 10.1. The second-order valence-corrected chi connectivity index (χ2v) is 5.47. The molecule has 0 bridgehead atoms. The molecule has 0 heterocycles. The molecule has 0 aromatic heterocycles. The molecule has 1 amide bonds. The summed E-state index contributed by atoms with van der Waals surface area (Å²) >= 11 is 0. The molecule has 0 aliphatic rings. The van der Waals surface area contributed by atoms with Crippen LogP contribution in [0.2, 0.25) is 0 Å². The topological polar surface area (TPSA) is 44.4 Å². The number of nitrogens with one attached hydrogen (secondary N) is 2. The molecule has 0 fully saturated rings. The zero-order valence-corrected chi connectivity index (χ0v) is 16.2. The molecule has 1 aromatic rings. The smallest absolute Gasteiger partial charge is 0.251 e. The van der Waals surface area contributed by atoms with E-state index in [1.165, 1.54) is 5.56 Å². The van der Waals surface area contributed by atoms with Crippen molar-refractivity contribution in [2.24, 2.45) is 0 Å². The van der Waals surface area contributed by atoms with E-state index in [4.69, 9.17) is 0 Å². The third-order valence-electron chi connectivity index (χ3n) is 3.67. The van der Waals surface area contributed by atoms with E-state index in [9.17, 15) is 4.79 Å². The fourth-order valence-corrected chi connectivity index (χ4v) is 2.13. The molecule has 2 N–H and O–H groups in total. The highest BCUT2D eigenvalue weighted by Crippen LogP contribution is 2.08. The molecule has 0 aliphatic carbocycles. The van der Waals surface area contributed by atoms with E-state index in [-0.39, 0.29) is 36.8 Å². The summed E-state index contributed by atoms with van der Waals surface area (Å²) in [6.07, 6.45) is 1.16. The second-order valence-electron chi connectivity index (χ2n) is 5.47. The predicted octanol–water partition coefficient (Wildman–Crippen LogP) is 3.10. The van der Waals surface area contributed by atoms with Crippen molar-refractivity contribution in [1.29, 1.82) is 0 Å². The average molecular weight is 364 g/mol. The summed E-state index contributed by atoms with van der Waals surface area (Å²) in [5, 5.41) is 6.03. The molecular weight excluding hydrogens is 333 g/mol. The first kappa shape index (κ1) is 24.4. The van der Waals surface area contributed by atoms with Crippen molar-refractivity contribution >= 4 is 30.7 Å². The number of nitrogens with zero attached hydrogens (tertiary/aromatic N) is 1. The maximum Gasteiger partial charge on any atom is 0.251 e. The van der Waals surface area contributed by atoms with Gasteiger partial charge in [-0.15, -0.1) is 24.8 Å². The summed E-state index contributed by atoms with van der Waals surface area (Å²) in [7, 11) is 1.89. The van der Waals surface area contributed by atoms with Gasteiger partial charge >= 0.3 is 0 Å². The Balaban J connectivity index is 0. The van der Waals surface area contributed by atoms with E-state index in [0.717, 1.165) is 31.6 Å². The van der Waals surface area contributed by atoms with Gasteiger partial charge in [0.05, 0.1) is 0 Å². The van der Waals surface area contributed by atoms with Crippen LogP contribution in [-0.2, 0) is 6.54 Å². The second kappa shape index (κ2) is 13.6. The van der Waals surface area contributed by atoms with Crippen LogP contribution >= 0.6 is 24.8 Å². The van der Waals surface area contributed by atoms with Crippen LogP contribution in [0.1, 0.15) is 43.1 Å². The van der Waals surface area contributed by atoms with Crippen LogP contribution in [0.15, 0.2) is 24.3 Å². The van der Waals surface area contributed by atoms with E-state index in [2.05, 4.69) is 41.5 Å². The van der Waals surface area contributed by atoms with Gasteiger partial charge in [-0.05, 0) is 51.2 Å². The van der Waals surface area contributed by atoms with Gasteiger partial charge in [0, 0.05) is 24.7 Å². The normalized spacial score (nSPS) is 11.3. The van der Waals surface area contributed by atoms with Crippen LogP contribution in [0.3, 0.4) is 0 Å². The van der Waals surface area contributed by atoms with Gasteiger partial charge < -0.3 is 10.6 Å². The highest BCUT2D eigenvalue weighted by molar-refractivity contribution is 5.94. The predicted molar refractivity (Wildman–Crippen MR) is 103 cm³/mol. The standard InChI is InChI=1S/C17H29N3O.2ClH/c1-5-11-20(6-2)13-15-7-9-16(10-8-15)17(21)19-12-14(3)18-4;;/h7-10,14,18H,5-6,11-13H2,1-4H3,(H,19,21);2*1H. The summed E-state index contributed by atoms with van der Waals surface area (Å²) < 4.78 is 0. The van der Waals surface area contributed by atoms with Crippen molar-refractivity contribution in [3.05, 3.63) is 35.4 Å². The third-order valence-corrected chi connectivity index (χ3v) is 3.67. The lowest BCUT2D eigenvalue weighted by Gasteiger charge is -2.19. The summed E-state index contributed by atoms with van der Waals surface area (Å²) in [4.78, 5) is 14.4. The highest BCUT2D eigenvalue weighted by atomic mass is 35.5. The minimum Gasteiger partial charge on any atom is -0.350 e. The van der Waals surface area contributed by atoms with Gasteiger partial charge in [-0.3, -0.25) is 9.69 Å². The first-order valence-corrected chi connectivity index (χ1v) is 7.87. The number of hydrogen-bond donors (Lipinski definition) is 2. The molecule has 0 radical (unpaired) electrons. The van der Waals surface area contributed by atoms with Crippen LogP contribution in [0.5, 0.6) is 0 Å². The molecule has 0 saturated heterocycles. The molecule has 0 spiro atoms. The van der Waals surface area contributed by atoms with Gasteiger partial charge in [-0.25, -0.2) is 0 Å². The molecular formula is C17H31Cl2N3O. The van der Waals surface area contributed by atoms with Gasteiger partial charge in [-0.2, -0.15) is 0 Å². The number of halogens is 2. The van der Waals surface area contributed by atoms with Crippen molar-refractivity contribution in [3.63, 3.8) is 0 Å². The quantitative estimate of drug-likeness (QED) is 0.708. The molecule has 1 unspecified atom stereocenters. The molecule has 1 aromatic carbocycles. The molecule has 134 valence electrons. The fourth-order valence-electron chi connectivity index (χ4n) is 2.13. The minimum absolute atomic E-state index is 0. The Morgan fingerprint density at radius 3 is 2.26 bits per heavy atom. The summed E-state index contributed by atoms with van der Waals surface area (Å²) in [5.41, 5.74) is 1.98. The number of carbonyl (C=O) groups excluding carboxylic acids is 1. The summed E-state index contributed by atoms with van der Waals surface area (Å²) in [6.45, 7) is 10.2. The van der Waals surface area contributed by atoms with Gasteiger partial charge in [0.1, 0.15) is 0 Å². The van der Waals surface area contributed by atoms with E-state index >= 15 is 0 Å². The highest BCUT2D eigenvalue weighted by Gasteiger charge is 2.08. The molecule has 0 saturated carbocycles. The Morgan fingerprint density at radius 1 is 1.17 bits per heavy atom. The zero-order valence-electron chi connectivity index (χ0n) is 14.6. The summed E-state index contributed by atoms with van der Waals surface area (Å²) in [5.74, 6) is -0.00967. The third kappa shape index (κ3) is 9.16. The minimum atomic E-state index is -0.00967. The number of carbonyl (C=O) groups is 1. The van der Waals surface area contributed by atoms with E-state index in [0.29, 0.717) is 6.54 Å². The van der Waals surface area contributed by atoms with Crippen LogP contribution in [0.4, 0.5) is 0 Å². The largest absolute Gasteiger partial charge is 0.350 e. The molecule has 4 nitrogen and oxygen atoms in total. The lowest BCUT2D eigenvalue weighted by Crippen LogP contribution is -2.37. The van der Waals surface area contributed by atoms with Crippen LogP contribution in [0, 0.1) is 0 Å². The number of likely N-dealkylation sites (N-methyl/N-ethyl adjacent to an activating group) is 1. The molecule has 6 heteroatoms. The Kier molecular flexibility index (Phi) is 14.5. The van der Waals surface area contributed by atoms with E-state index < -0.39 is 0 Å². The lowest BCUT2D eigenvalue weighted by molar-refractivity contribution is 0.0950. The van der Waals surface area contributed by atoms with Gasteiger partial charge in [0.25, 0.3) is 5.91 Å². The van der Waals surface area contributed by atoms with Crippen molar-refractivity contribution in [2.45, 2.75) is 39.8 Å². The van der Waals surface area contributed by atoms with E-state index in [1.807, 2.05) is 26.1 Å². The number of benzene rings is 1. The maximum absolute atomic E-state index is 12.0. The Hall–Kier alpha value is -0.810. The first-order valence-electron chi connectivity index (χ1n) is 7.87. The molecule has 1 rings (SSSR count). The number of hydrogen-bond acceptors (Lipinski definition) is 3. The van der Waals surface area contributed by atoms with Gasteiger partial charge in [-0.1, -0.05) is 26.0 Å². The SMILES string of the molecule is CCCN(CC)Cc1ccc(C(=O)NCC(C)NC)cc1.Cl.Cl. The average Bonchev–Trinajstić information content (AvgIpc) is 2.52.